The molecule has 2 aromatic rings. The van der Waals surface area contributed by atoms with Gasteiger partial charge in [-0.15, -0.1) is 0 Å². The summed E-state index contributed by atoms with van der Waals surface area (Å²) in [6.07, 6.45) is 4.06. The van der Waals surface area contributed by atoms with Gasteiger partial charge in [0.1, 0.15) is 5.75 Å². The van der Waals surface area contributed by atoms with Gasteiger partial charge >= 0.3 is 0 Å². The van der Waals surface area contributed by atoms with Crippen LogP contribution >= 0.6 is 0 Å². The molecule has 7 nitrogen and oxygen atoms in total. The fourth-order valence-electron chi connectivity index (χ4n) is 4.52. The summed E-state index contributed by atoms with van der Waals surface area (Å²) in [5, 5.41) is 3.12. The number of carbonyl (C=O) groups excluding carboxylic acids is 1. The third-order valence-electron chi connectivity index (χ3n) is 6.58. The molecule has 1 saturated carbocycles. The highest BCUT2D eigenvalue weighted by atomic mass is 16.7. The van der Waals surface area contributed by atoms with Crippen LogP contribution in [0.4, 0.5) is 0 Å². The van der Waals surface area contributed by atoms with Gasteiger partial charge in [-0.25, -0.2) is 0 Å². The molecular weight excluding hydrogens is 432 g/mol. The van der Waals surface area contributed by atoms with Crippen LogP contribution in [-0.4, -0.2) is 56.0 Å². The van der Waals surface area contributed by atoms with Gasteiger partial charge in [0, 0.05) is 32.8 Å². The highest BCUT2D eigenvalue weighted by Crippen LogP contribution is 2.33. The maximum atomic E-state index is 13.2. The molecule has 0 bridgehead atoms. The average Bonchev–Trinajstić information content (AvgIpc) is 3.29. The molecule has 1 amide bonds. The first-order chi connectivity index (χ1) is 16.6. The first-order valence-electron chi connectivity index (χ1n) is 12.4. The topological polar surface area (TPSA) is 69.3 Å². The number of nitrogens with one attached hydrogen (secondary N) is 1. The summed E-state index contributed by atoms with van der Waals surface area (Å²) in [6.45, 7) is 5.69. The second-order valence-corrected chi connectivity index (χ2v) is 9.63. The molecule has 182 valence electrons. The van der Waals surface area contributed by atoms with E-state index in [1.54, 1.807) is 0 Å². The molecule has 2 heterocycles. The molecule has 7 heteroatoms. The predicted molar refractivity (Wildman–Crippen MR) is 128 cm³/mol. The lowest BCUT2D eigenvalue weighted by atomic mass is 10.1. The lowest BCUT2D eigenvalue weighted by Crippen LogP contribution is -2.47. The van der Waals surface area contributed by atoms with E-state index in [4.69, 9.17) is 18.9 Å². The number of hydrogen-bond donors (Lipinski definition) is 1. The molecule has 0 spiro atoms. The molecule has 1 aliphatic carbocycles. The number of benzene rings is 2. The van der Waals surface area contributed by atoms with Crippen LogP contribution in [0.15, 0.2) is 42.5 Å². The first kappa shape index (κ1) is 23.0. The van der Waals surface area contributed by atoms with Gasteiger partial charge < -0.3 is 24.3 Å². The van der Waals surface area contributed by atoms with Crippen molar-refractivity contribution in [2.24, 2.45) is 5.92 Å². The van der Waals surface area contributed by atoms with E-state index < -0.39 is 6.10 Å². The Morgan fingerprint density at radius 2 is 2.03 bits per heavy atom. The molecule has 0 aromatic heterocycles. The zero-order chi connectivity index (χ0) is 23.3. The SMILES string of the molecule is Cc1cccc(O[C@@H](CN(Cc2ccc3c(c2)OCO3)C[C@H]2CCCO2)C(=O)NCC2CC2)c1. The van der Waals surface area contributed by atoms with Gasteiger partial charge in [0.15, 0.2) is 17.6 Å². The zero-order valence-corrected chi connectivity index (χ0v) is 19.8. The normalized spacial score (nSPS) is 19.9. The lowest BCUT2D eigenvalue weighted by molar-refractivity contribution is -0.129. The van der Waals surface area contributed by atoms with Crippen LogP contribution in [0.5, 0.6) is 17.2 Å². The second-order valence-electron chi connectivity index (χ2n) is 9.63. The van der Waals surface area contributed by atoms with Crippen LogP contribution in [0.2, 0.25) is 0 Å². The van der Waals surface area contributed by atoms with Gasteiger partial charge in [-0.3, -0.25) is 9.69 Å². The summed E-state index contributed by atoms with van der Waals surface area (Å²) in [5.74, 6) is 2.81. The Kier molecular flexibility index (Phi) is 7.21. The summed E-state index contributed by atoms with van der Waals surface area (Å²) >= 11 is 0. The molecule has 1 N–H and O–H groups in total. The van der Waals surface area contributed by atoms with E-state index in [0.29, 0.717) is 24.8 Å². The fourth-order valence-corrected chi connectivity index (χ4v) is 4.52. The van der Waals surface area contributed by atoms with Crippen molar-refractivity contribution in [3.8, 4) is 17.2 Å². The van der Waals surface area contributed by atoms with E-state index in [1.165, 1.54) is 12.8 Å². The Bertz CT molecular complexity index is 987. The number of carbonyl (C=O) groups is 1. The Labute approximate surface area is 201 Å². The maximum absolute atomic E-state index is 13.2. The summed E-state index contributed by atoms with van der Waals surface area (Å²) < 4.78 is 23.2. The Morgan fingerprint density at radius 3 is 2.82 bits per heavy atom. The fraction of sp³-hybridized carbons (Fsp3) is 0.519. The molecule has 0 radical (unpaired) electrons. The summed E-state index contributed by atoms with van der Waals surface area (Å²) in [5.41, 5.74) is 2.21. The van der Waals surface area contributed by atoms with Crippen molar-refractivity contribution >= 4 is 5.91 Å². The van der Waals surface area contributed by atoms with Crippen LogP contribution in [-0.2, 0) is 16.1 Å². The number of nitrogens with zero attached hydrogens (tertiary/aromatic N) is 1. The highest BCUT2D eigenvalue weighted by molar-refractivity contribution is 5.81. The van der Waals surface area contributed by atoms with Crippen molar-refractivity contribution in [3.63, 3.8) is 0 Å². The van der Waals surface area contributed by atoms with Crippen LogP contribution in [0.25, 0.3) is 0 Å². The number of rotatable bonds is 11. The van der Waals surface area contributed by atoms with Crippen LogP contribution in [0.3, 0.4) is 0 Å². The molecule has 2 atom stereocenters. The Balaban J connectivity index is 1.32. The predicted octanol–water partition coefficient (Wildman–Crippen LogP) is 3.68. The quantitative estimate of drug-likeness (QED) is 0.545. The number of hydrogen-bond acceptors (Lipinski definition) is 6. The van der Waals surface area contributed by atoms with Gasteiger partial charge in [-0.1, -0.05) is 18.2 Å². The second kappa shape index (κ2) is 10.7. The summed E-state index contributed by atoms with van der Waals surface area (Å²) in [7, 11) is 0. The largest absolute Gasteiger partial charge is 0.479 e. The van der Waals surface area contributed by atoms with E-state index in [2.05, 4.69) is 16.3 Å². The van der Waals surface area contributed by atoms with Crippen LogP contribution < -0.4 is 19.5 Å². The van der Waals surface area contributed by atoms with Gasteiger partial charge in [0.05, 0.1) is 6.10 Å². The Morgan fingerprint density at radius 1 is 1.15 bits per heavy atom. The zero-order valence-electron chi connectivity index (χ0n) is 19.8. The Hall–Kier alpha value is -2.77. The summed E-state index contributed by atoms with van der Waals surface area (Å²) in [6, 6.07) is 13.9. The molecule has 2 aromatic carbocycles. The molecule has 3 aliphatic rings. The number of aryl methyl sites for hydroxylation is 1. The van der Waals surface area contributed by atoms with Crippen molar-refractivity contribution in [1.82, 2.24) is 10.2 Å². The van der Waals surface area contributed by atoms with E-state index in [1.807, 2.05) is 43.3 Å². The van der Waals surface area contributed by atoms with Crippen molar-refractivity contribution in [3.05, 3.63) is 53.6 Å². The van der Waals surface area contributed by atoms with Crippen molar-refractivity contribution in [2.45, 2.75) is 51.4 Å². The van der Waals surface area contributed by atoms with E-state index >= 15 is 0 Å². The number of amides is 1. The summed E-state index contributed by atoms with van der Waals surface area (Å²) in [4.78, 5) is 15.5. The van der Waals surface area contributed by atoms with E-state index in [0.717, 1.165) is 55.2 Å². The van der Waals surface area contributed by atoms with Crippen LogP contribution in [0.1, 0.15) is 36.8 Å². The van der Waals surface area contributed by atoms with Gasteiger partial charge in [-0.05, 0) is 73.9 Å². The standard InChI is InChI=1S/C27H34N2O5/c1-19-4-2-5-22(12-19)34-26(27(30)28-14-20-7-8-20)17-29(16-23-6-3-11-31-23)15-21-9-10-24-25(13-21)33-18-32-24/h2,4-5,9-10,12-13,20,23,26H,3,6-8,11,14-18H2,1H3,(H,28,30)/t23-,26+/m1/s1. The molecule has 2 aliphatic heterocycles. The molecule has 0 unspecified atom stereocenters. The molecule has 2 fully saturated rings. The first-order valence-corrected chi connectivity index (χ1v) is 12.4. The van der Waals surface area contributed by atoms with Crippen LogP contribution in [0, 0.1) is 12.8 Å². The number of ether oxygens (including phenoxy) is 4. The molecule has 5 rings (SSSR count). The third-order valence-corrected chi connectivity index (χ3v) is 6.58. The molecular formula is C27H34N2O5. The van der Waals surface area contributed by atoms with Gasteiger partial charge in [-0.2, -0.15) is 0 Å². The molecule has 1 saturated heterocycles. The smallest absolute Gasteiger partial charge is 0.262 e. The minimum absolute atomic E-state index is 0.0589. The van der Waals surface area contributed by atoms with Gasteiger partial charge in [0.2, 0.25) is 6.79 Å². The number of fused-ring (bicyclic) bond motifs is 1. The van der Waals surface area contributed by atoms with E-state index in [-0.39, 0.29) is 18.8 Å². The minimum atomic E-state index is -0.615. The third kappa shape index (κ3) is 6.21. The molecule has 34 heavy (non-hydrogen) atoms. The van der Waals surface area contributed by atoms with Crippen molar-refractivity contribution < 1.29 is 23.7 Å². The maximum Gasteiger partial charge on any atom is 0.262 e. The highest BCUT2D eigenvalue weighted by Gasteiger charge is 2.29. The van der Waals surface area contributed by atoms with Crippen molar-refractivity contribution in [1.29, 1.82) is 0 Å². The average molecular weight is 467 g/mol. The minimum Gasteiger partial charge on any atom is -0.479 e. The van der Waals surface area contributed by atoms with Crippen molar-refractivity contribution in [2.75, 3.05) is 33.0 Å². The van der Waals surface area contributed by atoms with Gasteiger partial charge in [0.25, 0.3) is 5.91 Å². The van der Waals surface area contributed by atoms with E-state index in [9.17, 15) is 4.79 Å². The monoisotopic (exact) mass is 466 g/mol. The lowest BCUT2D eigenvalue weighted by Gasteiger charge is -2.29.